The highest BCUT2D eigenvalue weighted by Gasteiger charge is 2.23. The molecule has 0 saturated carbocycles. The van der Waals surface area contributed by atoms with Crippen molar-refractivity contribution < 1.29 is 22.3 Å². The standard InChI is InChI=1S/C14H13F2NO3S/c1-9-2-4-10(5-3-9)17-21(19,20)13-7-6-12(15)11(8-18)14(13)16/h2-7,17-18H,8H2,1H3. The van der Waals surface area contributed by atoms with Gasteiger partial charge in [-0.15, -0.1) is 0 Å². The zero-order valence-electron chi connectivity index (χ0n) is 11.1. The summed E-state index contributed by atoms with van der Waals surface area (Å²) >= 11 is 0. The number of rotatable bonds is 4. The second-order valence-corrected chi connectivity index (χ2v) is 6.12. The number of aliphatic hydroxyl groups excluding tert-OH is 1. The first-order valence-electron chi connectivity index (χ1n) is 6.02. The Hall–Kier alpha value is -1.99. The number of aryl methyl sites for hydroxylation is 1. The molecule has 0 spiro atoms. The van der Waals surface area contributed by atoms with Gasteiger partial charge in [-0.25, -0.2) is 17.2 Å². The molecule has 7 heteroatoms. The summed E-state index contributed by atoms with van der Waals surface area (Å²) in [5.74, 6) is -2.29. The van der Waals surface area contributed by atoms with Crippen molar-refractivity contribution in [1.29, 1.82) is 0 Å². The number of sulfonamides is 1. The van der Waals surface area contributed by atoms with Gasteiger partial charge in [-0.05, 0) is 31.2 Å². The summed E-state index contributed by atoms with van der Waals surface area (Å²) in [4.78, 5) is -0.714. The van der Waals surface area contributed by atoms with Crippen LogP contribution < -0.4 is 4.72 Å². The molecule has 0 aromatic heterocycles. The Morgan fingerprint density at radius 2 is 1.71 bits per heavy atom. The first-order valence-corrected chi connectivity index (χ1v) is 7.50. The van der Waals surface area contributed by atoms with Crippen LogP contribution >= 0.6 is 0 Å². The lowest BCUT2D eigenvalue weighted by atomic mass is 10.2. The Balaban J connectivity index is 2.42. The molecule has 0 fully saturated rings. The van der Waals surface area contributed by atoms with Crippen molar-refractivity contribution in [3.8, 4) is 0 Å². The number of halogens is 2. The van der Waals surface area contributed by atoms with E-state index in [0.717, 1.165) is 17.7 Å². The van der Waals surface area contributed by atoms with Crippen molar-refractivity contribution >= 4 is 15.7 Å². The highest BCUT2D eigenvalue weighted by molar-refractivity contribution is 7.92. The number of nitrogens with one attached hydrogen (secondary N) is 1. The number of aliphatic hydroxyl groups is 1. The van der Waals surface area contributed by atoms with Crippen LogP contribution in [0.25, 0.3) is 0 Å². The molecule has 21 heavy (non-hydrogen) atoms. The predicted octanol–water partition coefficient (Wildman–Crippen LogP) is 2.57. The molecule has 2 aromatic carbocycles. The van der Waals surface area contributed by atoms with Crippen LogP contribution in [0.3, 0.4) is 0 Å². The van der Waals surface area contributed by atoms with E-state index in [0.29, 0.717) is 0 Å². The van der Waals surface area contributed by atoms with Gasteiger partial charge < -0.3 is 5.11 Å². The van der Waals surface area contributed by atoms with Crippen molar-refractivity contribution in [3.05, 3.63) is 59.2 Å². The minimum atomic E-state index is -4.21. The van der Waals surface area contributed by atoms with E-state index in [4.69, 9.17) is 5.11 Å². The summed E-state index contributed by atoms with van der Waals surface area (Å²) in [5.41, 5.74) is 0.519. The van der Waals surface area contributed by atoms with Crippen molar-refractivity contribution in [2.75, 3.05) is 4.72 Å². The zero-order valence-corrected chi connectivity index (χ0v) is 11.9. The third kappa shape index (κ3) is 3.20. The lowest BCUT2D eigenvalue weighted by Gasteiger charge is -2.11. The van der Waals surface area contributed by atoms with Crippen LogP contribution in [0, 0.1) is 18.6 Å². The van der Waals surface area contributed by atoms with E-state index in [2.05, 4.69) is 4.72 Å². The molecule has 0 atom stereocenters. The molecule has 0 bridgehead atoms. The Labute approximate surface area is 121 Å². The molecule has 0 radical (unpaired) electrons. The van der Waals surface area contributed by atoms with Gasteiger partial charge in [-0.2, -0.15) is 0 Å². The average Bonchev–Trinajstić information content (AvgIpc) is 2.41. The summed E-state index contributed by atoms with van der Waals surface area (Å²) in [5, 5.41) is 8.91. The summed E-state index contributed by atoms with van der Waals surface area (Å²) < 4.78 is 53.7. The molecule has 2 rings (SSSR count). The van der Waals surface area contributed by atoms with Crippen LogP contribution in [-0.4, -0.2) is 13.5 Å². The maximum absolute atomic E-state index is 14.0. The summed E-state index contributed by atoms with van der Waals surface area (Å²) in [6, 6.07) is 8.07. The molecule has 2 N–H and O–H groups in total. The first kappa shape index (κ1) is 15.4. The Kier molecular flexibility index (Phi) is 4.24. The number of anilines is 1. The Morgan fingerprint density at radius 1 is 1.10 bits per heavy atom. The van der Waals surface area contributed by atoms with Gasteiger partial charge in [0.2, 0.25) is 0 Å². The number of benzene rings is 2. The van der Waals surface area contributed by atoms with E-state index in [1.807, 2.05) is 6.92 Å². The molecular formula is C14H13F2NO3S. The number of hydrogen-bond acceptors (Lipinski definition) is 3. The van der Waals surface area contributed by atoms with Crippen molar-refractivity contribution in [1.82, 2.24) is 0 Å². The van der Waals surface area contributed by atoms with Crippen LogP contribution in [0.15, 0.2) is 41.3 Å². The molecule has 2 aromatic rings. The van der Waals surface area contributed by atoms with Gasteiger partial charge >= 0.3 is 0 Å². The lowest BCUT2D eigenvalue weighted by Crippen LogP contribution is -2.16. The Morgan fingerprint density at radius 3 is 2.29 bits per heavy atom. The summed E-state index contributed by atoms with van der Waals surface area (Å²) in [7, 11) is -4.21. The molecule has 112 valence electrons. The molecule has 0 heterocycles. The minimum Gasteiger partial charge on any atom is -0.391 e. The average molecular weight is 313 g/mol. The molecule has 0 unspecified atom stereocenters. The van der Waals surface area contributed by atoms with Crippen molar-refractivity contribution in [2.24, 2.45) is 0 Å². The second-order valence-electron chi connectivity index (χ2n) is 4.47. The van der Waals surface area contributed by atoms with Crippen LogP contribution in [0.2, 0.25) is 0 Å². The zero-order chi connectivity index (χ0) is 15.6. The van der Waals surface area contributed by atoms with Crippen LogP contribution in [0.1, 0.15) is 11.1 Å². The smallest absolute Gasteiger partial charge is 0.264 e. The monoisotopic (exact) mass is 313 g/mol. The van der Waals surface area contributed by atoms with Gasteiger partial charge in [-0.3, -0.25) is 4.72 Å². The van der Waals surface area contributed by atoms with Gasteiger partial charge in [0.1, 0.15) is 10.7 Å². The highest BCUT2D eigenvalue weighted by Crippen LogP contribution is 2.23. The lowest BCUT2D eigenvalue weighted by molar-refractivity contribution is 0.267. The van der Waals surface area contributed by atoms with Gasteiger partial charge in [0, 0.05) is 5.69 Å². The normalized spacial score (nSPS) is 11.4. The molecular weight excluding hydrogens is 300 g/mol. The van der Waals surface area contributed by atoms with Gasteiger partial charge in [0.25, 0.3) is 10.0 Å². The quantitative estimate of drug-likeness (QED) is 0.911. The number of hydrogen-bond donors (Lipinski definition) is 2. The fraction of sp³-hybridized carbons (Fsp3) is 0.143. The molecule has 0 saturated heterocycles. The maximum Gasteiger partial charge on any atom is 0.264 e. The largest absolute Gasteiger partial charge is 0.391 e. The fourth-order valence-electron chi connectivity index (χ4n) is 1.76. The van der Waals surface area contributed by atoms with Crippen molar-refractivity contribution in [2.45, 2.75) is 18.4 Å². The summed E-state index contributed by atoms with van der Waals surface area (Å²) in [6.07, 6.45) is 0. The van der Waals surface area contributed by atoms with E-state index in [-0.39, 0.29) is 5.69 Å². The van der Waals surface area contributed by atoms with E-state index in [1.54, 1.807) is 12.1 Å². The third-order valence-electron chi connectivity index (χ3n) is 2.90. The van der Waals surface area contributed by atoms with Gasteiger partial charge in [0.15, 0.2) is 5.82 Å². The highest BCUT2D eigenvalue weighted by atomic mass is 32.2. The second kappa shape index (κ2) is 5.79. The van der Waals surface area contributed by atoms with E-state index in [1.165, 1.54) is 12.1 Å². The molecule has 0 aliphatic rings. The van der Waals surface area contributed by atoms with Gasteiger partial charge in [0.05, 0.1) is 12.2 Å². The minimum absolute atomic E-state index is 0.259. The molecule has 4 nitrogen and oxygen atoms in total. The predicted molar refractivity (Wildman–Crippen MR) is 74.3 cm³/mol. The summed E-state index contributed by atoms with van der Waals surface area (Å²) in [6.45, 7) is 0.914. The fourth-order valence-corrected chi connectivity index (χ4v) is 2.92. The third-order valence-corrected chi connectivity index (χ3v) is 4.30. The van der Waals surface area contributed by atoms with E-state index >= 15 is 0 Å². The maximum atomic E-state index is 14.0. The molecule has 0 aliphatic carbocycles. The van der Waals surface area contributed by atoms with Crippen LogP contribution in [0.5, 0.6) is 0 Å². The van der Waals surface area contributed by atoms with Crippen molar-refractivity contribution in [3.63, 3.8) is 0 Å². The molecule has 0 aliphatic heterocycles. The van der Waals surface area contributed by atoms with Gasteiger partial charge in [-0.1, -0.05) is 17.7 Å². The molecule has 0 amide bonds. The SMILES string of the molecule is Cc1ccc(NS(=O)(=O)c2ccc(F)c(CO)c2F)cc1. The topological polar surface area (TPSA) is 66.4 Å². The van der Waals surface area contributed by atoms with E-state index < -0.39 is 38.7 Å². The van der Waals surface area contributed by atoms with E-state index in [9.17, 15) is 17.2 Å². The Bertz CT molecular complexity index is 759. The first-order chi connectivity index (χ1) is 9.85. The van der Waals surface area contributed by atoms with Crippen LogP contribution in [-0.2, 0) is 16.6 Å². The van der Waals surface area contributed by atoms with Crippen LogP contribution in [0.4, 0.5) is 14.5 Å².